The van der Waals surface area contributed by atoms with Crippen molar-refractivity contribution in [2.45, 2.75) is 19.1 Å². The van der Waals surface area contributed by atoms with E-state index in [1.165, 1.54) is 0 Å². The average molecular weight is 338 g/mol. The molecule has 0 spiro atoms. The summed E-state index contributed by atoms with van der Waals surface area (Å²) < 4.78 is 8.93. The highest BCUT2D eigenvalue weighted by atomic mass is 16.5. The molecule has 0 saturated heterocycles. The van der Waals surface area contributed by atoms with Crippen molar-refractivity contribution in [3.63, 3.8) is 0 Å². The maximum absolute atomic E-state index is 12.4. The molecular formula is C20H22N2O3. The topological polar surface area (TPSA) is 56.4 Å². The predicted octanol–water partition coefficient (Wildman–Crippen LogP) is 2.51. The van der Waals surface area contributed by atoms with Crippen LogP contribution in [0.25, 0.3) is 11.0 Å². The molecule has 130 valence electrons. The molecule has 0 unspecified atom stereocenters. The second-order valence-corrected chi connectivity index (χ2v) is 6.01. The first-order valence-electron chi connectivity index (χ1n) is 8.25. The van der Waals surface area contributed by atoms with Gasteiger partial charge in [-0.25, -0.2) is 4.79 Å². The number of benzene rings is 2. The molecule has 0 aliphatic heterocycles. The van der Waals surface area contributed by atoms with E-state index in [9.17, 15) is 9.90 Å². The van der Waals surface area contributed by atoms with Crippen molar-refractivity contribution in [1.29, 1.82) is 0 Å². The third-order valence-electron chi connectivity index (χ3n) is 4.21. The van der Waals surface area contributed by atoms with Gasteiger partial charge < -0.3 is 9.84 Å². The second kappa shape index (κ2) is 7.40. The molecule has 5 nitrogen and oxygen atoms in total. The number of fused-ring (bicyclic) bond motifs is 1. The molecule has 3 rings (SSSR count). The Morgan fingerprint density at radius 1 is 1.16 bits per heavy atom. The molecular weight excluding hydrogens is 316 g/mol. The fourth-order valence-electron chi connectivity index (χ4n) is 2.96. The van der Waals surface area contributed by atoms with E-state index in [4.69, 9.17) is 4.74 Å². The fourth-order valence-corrected chi connectivity index (χ4v) is 2.96. The molecule has 1 atom stereocenters. The minimum absolute atomic E-state index is 0.115. The van der Waals surface area contributed by atoms with Crippen LogP contribution in [-0.2, 0) is 20.0 Å². The predicted molar refractivity (Wildman–Crippen MR) is 99.0 cm³/mol. The van der Waals surface area contributed by atoms with Crippen LogP contribution in [0.15, 0.2) is 66.0 Å². The first kappa shape index (κ1) is 17.0. The molecule has 3 aromatic rings. The molecule has 25 heavy (non-hydrogen) atoms. The van der Waals surface area contributed by atoms with Crippen molar-refractivity contribution in [2.75, 3.05) is 6.61 Å². The summed E-state index contributed by atoms with van der Waals surface area (Å²) in [6.07, 6.45) is 1.73. The van der Waals surface area contributed by atoms with Gasteiger partial charge in [-0.3, -0.25) is 9.13 Å². The summed E-state index contributed by atoms with van der Waals surface area (Å²) in [6, 6.07) is 15.2. The van der Waals surface area contributed by atoms with E-state index in [0.29, 0.717) is 6.42 Å². The Morgan fingerprint density at radius 3 is 2.60 bits per heavy atom. The normalized spacial score (nSPS) is 12.2. The number of hydrogen-bond acceptors (Lipinski definition) is 3. The molecule has 0 aliphatic carbocycles. The zero-order chi connectivity index (χ0) is 17.8. The third-order valence-corrected chi connectivity index (χ3v) is 4.21. The van der Waals surface area contributed by atoms with E-state index in [1.54, 1.807) is 16.2 Å². The number of nitrogens with zero attached hydrogens (tertiary/aromatic N) is 2. The number of aliphatic hydroxyl groups excluding tert-OH is 1. The molecule has 0 saturated carbocycles. The zero-order valence-electron chi connectivity index (χ0n) is 14.3. The van der Waals surface area contributed by atoms with Gasteiger partial charge in [0.2, 0.25) is 0 Å². The monoisotopic (exact) mass is 338 g/mol. The van der Waals surface area contributed by atoms with Gasteiger partial charge in [0.25, 0.3) is 0 Å². The summed E-state index contributed by atoms with van der Waals surface area (Å²) in [5, 5.41) is 10.4. The molecule has 1 heterocycles. The molecule has 1 N–H and O–H groups in total. The summed E-state index contributed by atoms with van der Waals surface area (Å²) in [7, 11) is 1.73. The lowest BCUT2D eigenvalue weighted by molar-refractivity contribution is 0.0921. The van der Waals surface area contributed by atoms with Crippen LogP contribution in [0.3, 0.4) is 0 Å². The van der Waals surface area contributed by atoms with Gasteiger partial charge >= 0.3 is 5.69 Å². The number of allylic oxidation sites excluding steroid dienone is 1. The number of aromatic nitrogens is 2. The highest BCUT2D eigenvalue weighted by molar-refractivity contribution is 5.75. The van der Waals surface area contributed by atoms with Crippen LogP contribution in [0.2, 0.25) is 0 Å². The van der Waals surface area contributed by atoms with Crippen LogP contribution in [0.5, 0.6) is 5.75 Å². The lowest BCUT2D eigenvalue weighted by Gasteiger charge is -2.15. The minimum atomic E-state index is -0.791. The highest BCUT2D eigenvalue weighted by Crippen LogP contribution is 2.19. The average Bonchev–Trinajstić information content (AvgIpc) is 2.87. The SMILES string of the molecule is C=CCc1ccccc1OC[C@@H](O)Cn1c(=O)n(C)c2ccccc21. The standard InChI is InChI=1S/C20H22N2O3/c1-3-8-15-9-4-7-12-19(15)25-14-16(23)13-22-18-11-6-5-10-17(18)21(2)20(22)24/h3-7,9-12,16,23H,1,8,13-14H2,2H3/t16-/m0/s1. The number of ether oxygens (including phenoxy) is 1. The minimum Gasteiger partial charge on any atom is -0.491 e. The van der Waals surface area contributed by atoms with Gasteiger partial charge in [-0.1, -0.05) is 36.4 Å². The molecule has 0 fully saturated rings. The quantitative estimate of drug-likeness (QED) is 0.674. The summed E-state index contributed by atoms with van der Waals surface area (Å²) in [5.41, 5.74) is 2.53. The Kier molecular flexibility index (Phi) is 5.05. The van der Waals surface area contributed by atoms with Gasteiger partial charge in [0.15, 0.2) is 0 Å². The number of aliphatic hydroxyl groups is 1. The molecule has 1 aromatic heterocycles. The summed E-state index contributed by atoms with van der Waals surface area (Å²) >= 11 is 0. The van der Waals surface area contributed by atoms with E-state index in [2.05, 4.69) is 6.58 Å². The largest absolute Gasteiger partial charge is 0.491 e. The summed E-state index contributed by atoms with van der Waals surface area (Å²) in [4.78, 5) is 12.4. The first-order valence-corrected chi connectivity index (χ1v) is 8.25. The van der Waals surface area contributed by atoms with E-state index in [0.717, 1.165) is 22.3 Å². The lowest BCUT2D eigenvalue weighted by atomic mass is 10.1. The van der Waals surface area contributed by atoms with E-state index < -0.39 is 6.10 Å². The van der Waals surface area contributed by atoms with Crippen molar-refractivity contribution >= 4 is 11.0 Å². The first-order chi connectivity index (χ1) is 12.1. The Balaban J connectivity index is 1.74. The maximum atomic E-state index is 12.4. The zero-order valence-corrected chi connectivity index (χ0v) is 14.3. The molecule has 0 radical (unpaired) electrons. The summed E-state index contributed by atoms with van der Waals surface area (Å²) in [6.45, 7) is 4.04. The van der Waals surface area contributed by atoms with Gasteiger partial charge in [-0.2, -0.15) is 0 Å². The van der Waals surface area contributed by atoms with E-state index in [-0.39, 0.29) is 18.8 Å². The third kappa shape index (κ3) is 3.51. The van der Waals surface area contributed by atoms with Gasteiger partial charge in [-0.15, -0.1) is 6.58 Å². The number of rotatable bonds is 7. The van der Waals surface area contributed by atoms with Gasteiger partial charge in [-0.05, 0) is 30.2 Å². The highest BCUT2D eigenvalue weighted by Gasteiger charge is 2.14. The van der Waals surface area contributed by atoms with Gasteiger partial charge in [0.05, 0.1) is 17.6 Å². The van der Waals surface area contributed by atoms with Crippen LogP contribution in [-0.4, -0.2) is 27.0 Å². The molecule has 0 bridgehead atoms. The second-order valence-electron chi connectivity index (χ2n) is 6.01. The van der Waals surface area contributed by atoms with Crippen LogP contribution >= 0.6 is 0 Å². The Labute approximate surface area is 146 Å². The molecule has 5 heteroatoms. The Bertz CT molecular complexity index is 940. The Hall–Kier alpha value is -2.79. The van der Waals surface area contributed by atoms with Crippen molar-refractivity contribution in [3.05, 3.63) is 77.2 Å². The van der Waals surface area contributed by atoms with E-state index in [1.807, 2.05) is 54.6 Å². The van der Waals surface area contributed by atoms with Crippen LogP contribution < -0.4 is 10.4 Å². The van der Waals surface area contributed by atoms with Crippen molar-refractivity contribution in [2.24, 2.45) is 7.05 Å². The number of hydrogen-bond donors (Lipinski definition) is 1. The van der Waals surface area contributed by atoms with Crippen LogP contribution in [0, 0.1) is 0 Å². The van der Waals surface area contributed by atoms with Crippen molar-refractivity contribution in [3.8, 4) is 5.75 Å². The van der Waals surface area contributed by atoms with Gasteiger partial charge in [0, 0.05) is 7.05 Å². The maximum Gasteiger partial charge on any atom is 0.328 e. The number of para-hydroxylation sites is 3. The van der Waals surface area contributed by atoms with E-state index >= 15 is 0 Å². The summed E-state index contributed by atoms with van der Waals surface area (Å²) in [5.74, 6) is 0.728. The smallest absolute Gasteiger partial charge is 0.328 e. The van der Waals surface area contributed by atoms with Crippen molar-refractivity contribution in [1.82, 2.24) is 9.13 Å². The Morgan fingerprint density at radius 2 is 1.84 bits per heavy atom. The van der Waals surface area contributed by atoms with Gasteiger partial charge in [0.1, 0.15) is 18.5 Å². The van der Waals surface area contributed by atoms with Crippen LogP contribution in [0.1, 0.15) is 5.56 Å². The molecule has 2 aromatic carbocycles. The molecule has 0 amide bonds. The lowest BCUT2D eigenvalue weighted by Crippen LogP contribution is -2.30. The van der Waals surface area contributed by atoms with Crippen LogP contribution in [0.4, 0.5) is 0 Å². The number of aryl methyl sites for hydroxylation is 1. The molecule has 0 aliphatic rings. The van der Waals surface area contributed by atoms with Crippen molar-refractivity contribution < 1.29 is 9.84 Å². The fraction of sp³-hybridized carbons (Fsp3) is 0.250. The number of imidazole rings is 1.